The average molecular weight is 245 g/mol. The molecule has 1 amide bonds. The van der Waals surface area contributed by atoms with Crippen molar-refractivity contribution in [2.24, 2.45) is 0 Å². The molecule has 18 heavy (non-hydrogen) atoms. The molecular formula is C12H15N5O. The van der Waals surface area contributed by atoms with Gasteiger partial charge in [0.2, 0.25) is 11.9 Å². The third-order valence-corrected chi connectivity index (χ3v) is 2.60. The van der Waals surface area contributed by atoms with E-state index in [9.17, 15) is 4.79 Å². The summed E-state index contributed by atoms with van der Waals surface area (Å²) in [4.78, 5) is 15.4. The number of hydrogen-bond acceptors (Lipinski definition) is 4. The highest BCUT2D eigenvalue weighted by Gasteiger charge is 2.05. The Bertz CT molecular complexity index is 549. The number of aromatic nitrogens is 3. The summed E-state index contributed by atoms with van der Waals surface area (Å²) < 4.78 is 1.41. The minimum Gasteiger partial charge on any atom is -0.367 e. The second kappa shape index (κ2) is 5.31. The number of hydrogen-bond donors (Lipinski definition) is 2. The minimum absolute atomic E-state index is 0.121. The van der Waals surface area contributed by atoms with Crippen molar-refractivity contribution in [2.75, 3.05) is 5.73 Å². The molecule has 0 radical (unpaired) electrons. The lowest BCUT2D eigenvalue weighted by Crippen LogP contribution is -2.27. The van der Waals surface area contributed by atoms with Crippen LogP contribution in [-0.4, -0.2) is 20.7 Å². The van der Waals surface area contributed by atoms with Crippen LogP contribution in [0.3, 0.4) is 0 Å². The molecule has 0 bridgehead atoms. The maximum Gasteiger partial charge on any atom is 0.242 e. The van der Waals surface area contributed by atoms with Crippen LogP contribution in [0.4, 0.5) is 5.95 Å². The lowest BCUT2D eigenvalue weighted by Gasteiger charge is -2.07. The van der Waals surface area contributed by atoms with Gasteiger partial charge in [-0.2, -0.15) is 0 Å². The Kier molecular flexibility index (Phi) is 3.57. The molecule has 94 valence electrons. The summed E-state index contributed by atoms with van der Waals surface area (Å²) in [5, 5.41) is 6.67. The van der Waals surface area contributed by atoms with Gasteiger partial charge in [-0.1, -0.05) is 24.3 Å². The molecule has 0 unspecified atom stereocenters. The van der Waals surface area contributed by atoms with E-state index < -0.39 is 0 Å². The smallest absolute Gasteiger partial charge is 0.242 e. The molecule has 3 N–H and O–H groups in total. The van der Waals surface area contributed by atoms with Crippen molar-refractivity contribution in [3.63, 3.8) is 0 Å². The van der Waals surface area contributed by atoms with E-state index in [0.29, 0.717) is 6.54 Å². The number of aryl methyl sites for hydroxylation is 1. The van der Waals surface area contributed by atoms with E-state index in [4.69, 9.17) is 5.73 Å². The number of carbonyl (C=O) groups is 1. The van der Waals surface area contributed by atoms with Crippen molar-refractivity contribution in [1.82, 2.24) is 20.1 Å². The van der Waals surface area contributed by atoms with Crippen LogP contribution in [0.15, 0.2) is 30.6 Å². The Morgan fingerprint density at radius 2 is 2.22 bits per heavy atom. The molecule has 1 aromatic carbocycles. The van der Waals surface area contributed by atoms with Gasteiger partial charge in [-0.25, -0.2) is 9.67 Å². The fraction of sp³-hybridized carbons (Fsp3) is 0.250. The molecule has 2 aromatic rings. The topological polar surface area (TPSA) is 85.8 Å². The summed E-state index contributed by atoms with van der Waals surface area (Å²) in [6.07, 6.45) is 1.43. The molecule has 0 spiro atoms. The van der Waals surface area contributed by atoms with Crippen molar-refractivity contribution < 1.29 is 4.79 Å². The third-order valence-electron chi connectivity index (χ3n) is 2.60. The van der Waals surface area contributed by atoms with Crippen molar-refractivity contribution >= 4 is 11.9 Å². The summed E-state index contributed by atoms with van der Waals surface area (Å²) in [5.41, 5.74) is 7.62. The van der Waals surface area contributed by atoms with Gasteiger partial charge in [0.15, 0.2) is 0 Å². The van der Waals surface area contributed by atoms with E-state index in [1.54, 1.807) is 0 Å². The van der Waals surface area contributed by atoms with E-state index in [-0.39, 0.29) is 18.4 Å². The van der Waals surface area contributed by atoms with Crippen LogP contribution in [0.25, 0.3) is 0 Å². The number of nitrogens with one attached hydrogen (secondary N) is 1. The van der Waals surface area contributed by atoms with Crippen LogP contribution in [0.1, 0.15) is 11.1 Å². The monoisotopic (exact) mass is 245 g/mol. The number of benzene rings is 1. The minimum atomic E-state index is -0.122. The number of amides is 1. The molecule has 6 heteroatoms. The predicted octanol–water partition coefficient (Wildman–Crippen LogP) is 0.485. The highest BCUT2D eigenvalue weighted by Crippen LogP contribution is 2.05. The fourth-order valence-corrected chi connectivity index (χ4v) is 1.59. The van der Waals surface area contributed by atoms with Crippen LogP contribution in [0.2, 0.25) is 0 Å². The Hall–Kier alpha value is -2.37. The predicted molar refractivity (Wildman–Crippen MR) is 67.5 cm³/mol. The van der Waals surface area contributed by atoms with Gasteiger partial charge in [-0.15, -0.1) is 5.10 Å². The first-order valence-electron chi connectivity index (χ1n) is 5.61. The highest BCUT2D eigenvalue weighted by molar-refractivity contribution is 5.75. The molecule has 0 fully saturated rings. The molecule has 6 nitrogen and oxygen atoms in total. The average Bonchev–Trinajstić information content (AvgIpc) is 2.74. The lowest BCUT2D eigenvalue weighted by molar-refractivity contribution is -0.122. The van der Waals surface area contributed by atoms with Crippen LogP contribution < -0.4 is 11.1 Å². The van der Waals surface area contributed by atoms with Gasteiger partial charge in [0, 0.05) is 6.54 Å². The first-order chi connectivity index (χ1) is 8.65. The summed E-state index contributed by atoms with van der Waals surface area (Å²) in [6, 6.07) is 7.92. The number of nitrogens with two attached hydrogens (primary N) is 1. The first kappa shape index (κ1) is 12.1. The molecule has 1 aromatic heterocycles. The lowest BCUT2D eigenvalue weighted by atomic mass is 10.1. The van der Waals surface area contributed by atoms with E-state index >= 15 is 0 Å². The Morgan fingerprint density at radius 3 is 2.89 bits per heavy atom. The number of carbonyl (C=O) groups excluding carboxylic acids is 1. The summed E-state index contributed by atoms with van der Waals surface area (Å²) in [5.74, 6) is 0.0462. The molecule has 0 aliphatic carbocycles. The van der Waals surface area contributed by atoms with E-state index in [0.717, 1.165) is 11.1 Å². The largest absolute Gasteiger partial charge is 0.367 e. The van der Waals surface area contributed by atoms with Gasteiger partial charge >= 0.3 is 0 Å². The molecule has 0 saturated heterocycles. The van der Waals surface area contributed by atoms with Gasteiger partial charge in [0.25, 0.3) is 0 Å². The van der Waals surface area contributed by atoms with Crippen LogP contribution in [0.5, 0.6) is 0 Å². The van der Waals surface area contributed by atoms with Gasteiger partial charge in [-0.3, -0.25) is 4.79 Å². The second-order valence-corrected chi connectivity index (χ2v) is 4.00. The molecule has 2 rings (SSSR count). The number of rotatable bonds is 4. The van der Waals surface area contributed by atoms with Gasteiger partial charge in [0.05, 0.1) is 0 Å². The van der Waals surface area contributed by atoms with Crippen LogP contribution in [-0.2, 0) is 17.9 Å². The number of nitrogen functional groups attached to an aromatic ring is 1. The molecule has 1 heterocycles. The quantitative estimate of drug-likeness (QED) is 0.820. The Labute approximate surface area is 105 Å². The van der Waals surface area contributed by atoms with Gasteiger partial charge in [0.1, 0.15) is 12.9 Å². The van der Waals surface area contributed by atoms with E-state index in [2.05, 4.69) is 15.4 Å². The number of anilines is 1. The fourth-order valence-electron chi connectivity index (χ4n) is 1.59. The van der Waals surface area contributed by atoms with E-state index in [1.807, 2.05) is 31.2 Å². The summed E-state index contributed by atoms with van der Waals surface area (Å²) in [6.45, 7) is 2.64. The maximum atomic E-state index is 11.7. The highest BCUT2D eigenvalue weighted by atomic mass is 16.2. The first-order valence-corrected chi connectivity index (χ1v) is 5.61. The Balaban J connectivity index is 1.87. The summed E-state index contributed by atoms with van der Waals surface area (Å²) in [7, 11) is 0. The SMILES string of the molecule is Cc1ccccc1CNC(=O)Cn1cnc(N)n1. The molecule has 0 saturated carbocycles. The van der Waals surface area contributed by atoms with Gasteiger partial charge in [-0.05, 0) is 18.1 Å². The number of nitrogens with zero attached hydrogens (tertiary/aromatic N) is 3. The maximum absolute atomic E-state index is 11.7. The molecule has 0 atom stereocenters. The molecule has 0 aliphatic heterocycles. The Morgan fingerprint density at radius 1 is 1.44 bits per heavy atom. The third kappa shape index (κ3) is 3.07. The zero-order chi connectivity index (χ0) is 13.0. The molecule has 0 aliphatic rings. The normalized spacial score (nSPS) is 10.3. The second-order valence-electron chi connectivity index (χ2n) is 4.00. The van der Waals surface area contributed by atoms with Crippen LogP contribution in [0, 0.1) is 6.92 Å². The van der Waals surface area contributed by atoms with Gasteiger partial charge < -0.3 is 11.1 Å². The van der Waals surface area contributed by atoms with Crippen LogP contribution >= 0.6 is 0 Å². The zero-order valence-electron chi connectivity index (χ0n) is 10.1. The van der Waals surface area contributed by atoms with Crippen molar-refractivity contribution in [3.8, 4) is 0 Å². The zero-order valence-corrected chi connectivity index (χ0v) is 10.1. The van der Waals surface area contributed by atoms with Crippen molar-refractivity contribution in [2.45, 2.75) is 20.0 Å². The van der Waals surface area contributed by atoms with Crippen molar-refractivity contribution in [1.29, 1.82) is 0 Å². The van der Waals surface area contributed by atoms with Crippen molar-refractivity contribution in [3.05, 3.63) is 41.7 Å². The standard InChI is InChI=1S/C12H15N5O/c1-9-4-2-3-5-10(9)6-14-11(18)7-17-8-15-12(13)16-17/h2-5,8H,6-7H2,1H3,(H2,13,16)(H,14,18). The summed E-state index contributed by atoms with van der Waals surface area (Å²) >= 11 is 0. The van der Waals surface area contributed by atoms with E-state index in [1.165, 1.54) is 11.0 Å². The molecular weight excluding hydrogens is 230 g/mol.